The van der Waals surface area contributed by atoms with Crippen molar-refractivity contribution in [3.05, 3.63) is 39.1 Å². The van der Waals surface area contributed by atoms with Gasteiger partial charge in [-0.25, -0.2) is 9.97 Å². The van der Waals surface area contributed by atoms with Gasteiger partial charge in [-0.1, -0.05) is 43.7 Å². The van der Waals surface area contributed by atoms with E-state index in [1.807, 2.05) is 7.05 Å². The van der Waals surface area contributed by atoms with Crippen LogP contribution in [0.15, 0.2) is 24.3 Å². The first-order valence-corrected chi connectivity index (χ1v) is 7.90. The lowest BCUT2D eigenvalue weighted by Gasteiger charge is -2.13. The molecule has 0 aliphatic carbocycles. The van der Waals surface area contributed by atoms with Gasteiger partial charge in [-0.15, -0.1) is 0 Å². The van der Waals surface area contributed by atoms with Crippen LogP contribution in [-0.2, 0) is 6.42 Å². The molecule has 4 heteroatoms. The maximum Gasteiger partial charge on any atom is 0.161 e. The zero-order chi connectivity index (χ0) is 14.7. The van der Waals surface area contributed by atoms with E-state index in [1.165, 1.54) is 5.56 Å². The highest BCUT2D eigenvalue weighted by molar-refractivity contribution is 14.1. The zero-order valence-corrected chi connectivity index (χ0v) is 14.5. The number of anilines is 1. The van der Waals surface area contributed by atoms with Crippen LogP contribution in [0.5, 0.6) is 0 Å². The van der Waals surface area contributed by atoms with Gasteiger partial charge in [-0.3, -0.25) is 0 Å². The van der Waals surface area contributed by atoms with E-state index in [2.05, 4.69) is 77.9 Å². The summed E-state index contributed by atoms with van der Waals surface area (Å²) in [6.07, 6.45) is 0.967. The number of benzene rings is 1. The second-order valence-corrected chi connectivity index (χ2v) is 6.45. The van der Waals surface area contributed by atoms with Crippen molar-refractivity contribution in [3.63, 3.8) is 0 Å². The molecule has 106 valence electrons. The fourth-order valence-corrected chi connectivity index (χ4v) is 2.74. The Morgan fingerprint density at radius 3 is 2.35 bits per heavy atom. The molecule has 0 saturated heterocycles. The van der Waals surface area contributed by atoms with Crippen molar-refractivity contribution in [1.82, 2.24) is 9.97 Å². The molecule has 1 N–H and O–H groups in total. The van der Waals surface area contributed by atoms with Gasteiger partial charge in [0.2, 0.25) is 0 Å². The van der Waals surface area contributed by atoms with E-state index in [1.54, 1.807) is 0 Å². The molecule has 0 radical (unpaired) electrons. The maximum atomic E-state index is 4.76. The average Bonchev–Trinajstić information content (AvgIpc) is 2.41. The molecule has 1 aromatic carbocycles. The summed E-state index contributed by atoms with van der Waals surface area (Å²) in [6.45, 7) is 6.51. The van der Waals surface area contributed by atoms with Crippen LogP contribution in [0.1, 0.15) is 25.1 Å². The number of hydrogen-bond donors (Lipinski definition) is 1. The maximum absolute atomic E-state index is 4.76. The van der Waals surface area contributed by atoms with Crippen LogP contribution < -0.4 is 5.32 Å². The van der Waals surface area contributed by atoms with Crippen molar-refractivity contribution in [2.45, 2.75) is 27.2 Å². The summed E-state index contributed by atoms with van der Waals surface area (Å²) in [5.41, 5.74) is 3.43. The molecule has 0 fully saturated rings. The van der Waals surface area contributed by atoms with Gasteiger partial charge in [0.25, 0.3) is 0 Å². The van der Waals surface area contributed by atoms with Gasteiger partial charge in [-0.05, 0) is 41.9 Å². The summed E-state index contributed by atoms with van der Waals surface area (Å²) in [5, 5.41) is 3.17. The number of aryl methyl sites for hydroxylation is 1. The average molecular weight is 381 g/mol. The Hall–Kier alpha value is -1.17. The Morgan fingerprint density at radius 1 is 1.15 bits per heavy atom. The van der Waals surface area contributed by atoms with Gasteiger partial charge in [0.05, 0.1) is 9.26 Å². The smallest absolute Gasteiger partial charge is 0.161 e. The van der Waals surface area contributed by atoms with Gasteiger partial charge < -0.3 is 5.32 Å². The van der Waals surface area contributed by atoms with E-state index in [0.29, 0.717) is 5.92 Å². The molecular formula is C16H20IN3. The number of rotatable bonds is 4. The Morgan fingerprint density at radius 2 is 1.80 bits per heavy atom. The number of nitrogens with zero attached hydrogens (tertiary/aromatic N) is 2. The number of hydrogen-bond acceptors (Lipinski definition) is 3. The molecule has 0 atom stereocenters. The third-order valence-electron chi connectivity index (χ3n) is 3.07. The topological polar surface area (TPSA) is 37.8 Å². The van der Waals surface area contributed by atoms with Crippen LogP contribution in [-0.4, -0.2) is 17.0 Å². The highest BCUT2D eigenvalue weighted by Gasteiger charge is 2.13. The largest absolute Gasteiger partial charge is 0.372 e. The van der Waals surface area contributed by atoms with Crippen LogP contribution in [0, 0.1) is 16.4 Å². The quantitative estimate of drug-likeness (QED) is 0.803. The summed E-state index contributed by atoms with van der Waals surface area (Å²) in [6, 6.07) is 8.35. The molecule has 1 heterocycles. The van der Waals surface area contributed by atoms with Gasteiger partial charge in [0, 0.05) is 12.6 Å². The first-order valence-electron chi connectivity index (χ1n) is 6.82. The highest BCUT2D eigenvalue weighted by atomic mass is 127. The minimum Gasteiger partial charge on any atom is -0.372 e. The van der Waals surface area contributed by atoms with Crippen molar-refractivity contribution in [1.29, 1.82) is 0 Å². The van der Waals surface area contributed by atoms with Crippen LogP contribution in [0.2, 0.25) is 0 Å². The van der Waals surface area contributed by atoms with Crippen LogP contribution in [0.4, 0.5) is 5.82 Å². The van der Waals surface area contributed by atoms with E-state index in [9.17, 15) is 0 Å². The lowest BCUT2D eigenvalue weighted by Crippen LogP contribution is -2.07. The van der Waals surface area contributed by atoms with Crippen LogP contribution >= 0.6 is 22.6 Å². The van der Waals surface area contributed by atoms with E-state index < -0.39 is 0 Å². The summed E-state index contributed by atoms with van der Waals surface area (Å²) in [7, 11) is 1.91. The van der Waals surface area contributed by atoms with E-state index in [0.717, 1.165) is 32.9 Å². The van der Waals surface area contributed by atoms with Crippen LogP contribution in [0.3, 0.4) is 0 Å². The van der Waals surface area contributed by atoms with Crippen molar-refractivity contribution in [3.8, 4) is 11.4 Å². The molecule has 0 unspecified atom stereocenters. The van der Waals surface area contributed by atoms with Gasteiger partial charge in [0.1, 0.15) is 5.82 Å². The van der Waals surface area contributed by atoms with E-state index in [4.69, 9.17) is 4.98 Å². The number of halogens is 1. The summed E-state index contributed by atoms with van der Waals surface area (Å²) in [4.78, 5) is 9.39. The second-order valence-electron chi connectivity index (χ2n) is 5.37. The summed E-state index contributed by atoms with van der Waals surface area (Å²) in [5.74, 6) is 2.28. The minimum absolute atomic E-state index is 0.578. The molecule has 0 aliphatic heterocycles. The van der Waals surface area contributed by atoms with Crippen molar-refractivity contribution in [2.24, 2.45) is 5.92 Å². The first-order chi connectivity index (χ1) is 9.51. The standard InChI is InChI=1S/C16H20IN3/c1-10(2)9-13-14(17)16(18-4)20-15(19-13)12-7-5-11(3)6-8-12/h5-8,10H,9H2,1-4H3,(H,18,19,20). The summed E-state index contributed by atoms with van der Waals surface area (Å²) < 4.78 is 1.12. The highest BCUT2D eigenvalue weighted by Crippen LogP contribution is 2.25. The minimum atomic E-state index is 0.578. The lowest BCUT2D eigenvalue weighted by molar-refractivity contribution is 0.632. The fraction of sp³-hybridized carbons (Fsp3) is 0.375. The van der Waals surface area contributed by atoms with Crippen molar-refractivity contribution in [2.75, 3.05) is 12.4 Å². The second kappa shape index (κ2) is 6.52. The molecule has 1 aromatic heterocycles. The van der Waals surface area contributed by atoms with E-state index >= 15 is 0 Å². The van der Waals surface area contributed by atoms with Crippen molar-refractivity contribution >= 4 is 28.4 Å². The van der Waals surface area contributed by atoms with Gasteiger partial charge in [0.15, 0.2) is 5.82 Å². The Balaban J connectivity index is 2.50. The molecule has 2 aromatic rings. The molecule has 0 bridgehead atoms. The number of nitrogens with one attached hydrogen (secondary N) is 1. The Labute approximate surface area is 134 Å². The normalized spacial score (nSPS) is 10.9. The molecule has 0 saturated carbocycles. The molecule has 0 spiro atoms. The Kier molecular flexibility index (Phi) is 4.96. The van der Waals surface area contributed by atoms with Crippen LogP contribution in [0.25, 0.3) is 11.4 Å². The number of aromatic nitrogens is 2. The summed E-state index contributed by atoms with van der Waals surface area (Å²) >= 11 is 2.33. The zero-order valence-electron chi connectivity index (χ0n) is 12.4. The van der Waals surface area contributed by atoms with Crippen molar-refractivity contribution < 1.29 is 0 Å². The third-order valence-corrected chi connectivity index (χ3v) is 4.20. The molecular weight excluding hydrogens is 361 g/mol. The van der Waals surface area contributed by atoms with Gasteiger partial charge >= 0.3 is 0 Å². The van der Waals surface area contributed by atoms with E-state index in [-0.39, 0.29) is 0 Å². The molecule has 20 heavy (non-hydrogen) atoms. The molecule has 0 aliphatic rings. The van der Waals surface area contributed by atoms with Gasteiger partial charge in [-0.2, -0.15) is 0 Å². The predicted molar refractivity (Wildman–Crippen MR) is 93.0 cm³/mol. The first kappa shape index (κ1) is 15.2. The predicted octanol–water partition coefficient (Wildman–Crippen LogP) is 4.30. The molecule has 3 nitrogen and oxygen atoms in total. The fourth-order valence-electron chi connectivity index (χ4n) is 2.01. The SMILES string of the molecule is CNc1nc(-c2ccc(C)cc2)nc(CC(C)C)c1I. The third kappa shape index (κ3) is 3.48. The molecule has 0 amide bonds. The lowest BCUT2D eigenvalue weighted by atomic mass is 10.1. The monoisotopic (exact) mass is 381 g/mol. The molecule has 2 rings (SSSR count). The Bertz CT molecular complexity index is 591.